The monoisotopic (exact) mass is 254 g/mol. The van der Waals surface area contributed by atoms with Crippen molar-refractivity contribution in [2.45, 2.75) is 13.0 Å². The molecule has 0 fully saturated rings. The molecule has 14 heavy (non-hydrogen) atoms. The first kappa shape index (κ1) is 12.7. The largest absolute Gasteiger partial charge is 1.00 e. The third-order valence-electron chi connectivity index (χ3n) is 1.66. The Morgan fingerprint density at radius 3 is 3.00 bits per heavy atom. The van der Waals surface area contributed by atoms with Gasteiger partial charge in [0.2, 0.25) is 5.69 Å². The van der Waals surface area contributed by atoms with Crippen molar-refractivity contribution in [3.8, 4) is 12.3 Å². The normalized spacial score (nSPS) is 9.36. The summed E-state index contributed by atoms with van der Waals surface area (Å²) in [4.78, 5) is 0. The molecule has 3 nitrogen and oxygen atoms in total. The maximum atomic E-state index is 8.39. The molecule has 1 aromatic heterocycles. The molecule has 1 N–H and O–H groups in total. The zero-order valence-electron chi connectivity index (χ0n) is 7.60. The van der Waals surface area contributed by atoms with Crippen LogP contribution in [0.15, 0.2) is 29.6 Å². The van der Waals surface area contributed by atoms with Crippen molar-refractivity contribution in [2.75, 3.05) is 0 Å². The molecule has 0 atom stereocenters. The van der Waals surface area contributed by atoms with Crippen molar-refractivity contribution in [1.82, 2.24) is 0 Å². The molecule has 0 saturated heterocycles. The average Bonchev–Trinajstić information content (AvgIpc) is 2.17. The molecule has 0 aliphatic heterocycles. The first-order valence-electron chi connectivity index (χ1n) is 3.98. The Labute approximate surface area is 93.8 Å². The van der Waals surface area contributed by atoms with E-state index in [1.54, 1.807) is 0 Å². The summed E-state index contributed by atoms with van der Waals surface area (Å²) >= 11 is 0. The maximum Gasteiger partial charge on any atom is 0.227 e. The quantitative estimate of drug-likeness (QED) is 0.215. The Hall–Kier alpha value is -1.34. The van der Waals surface area contributed by atoms with E-state index in [0.717, 1.165) is 12.2 Å². The van der Waals surface area contributed by atoms with Crippen LogP contribution in [0.1, 0.15) is 12.1 Å². The summed E-state index contributed by atoms with van der Waals surface area (Å²) in [6, 6.07) is 5.64. The molecule has 0 bridgehead atoms. The van der Waals surface area contributed by atoms with E-state index >= 15 is 0 Å². The van der Waals surface area contributed by atoms with Crippen LogP contribution in [-0.4, -0.2) is 11.4 Å². The highest BCUT2D eigenvalue weighted by Crippen LogP contribution is 1.88. The minimum Gasteiger partial charge on any atom is -1.00 e. The van der Waals surface area contributed by atoms with Gasteiger partial charge in [0.1, 0.15) is 6.21 Å². The molecule has 0 aliphatic rings. The molecule has 0 amide bonds. The third-order valence-corrected chi connectivity index (χ3v) is 1.66. The highest BCUT2D eigenvalue weighted by Gasteiger charge is 2.04. The van der Waals surface area contributed by atoms with Gasteiger partial charge >= 0.3 is 0 Å². The molecular formula is C10H11BrN2O. The van der Waals surface area contributed by atoms with E-state index in [4.69, 9.17) is 11.6 Å². The summed E-state index contributed by atoms with van der Waals surface area (Å²) in [5.74, 6) is 2.56. The summed E-state index contributed by atoms with van der Waals surface area (Å²) in [5.41, 5.74) is 0.834. The Kier molecular flexibility index (Phi) is 6.42. The molecule has 1 rings (SSSR count). The maximum absolute atomic E-state index is 8.39. The molecule has 0 radical (unpaired) electrons. The topological polar surface area (TPSA) is 36.5 Å². The average molecular weight is 255 g/mol. The third kappa shape index (κ3) is 3.58. The number of hydrogen-bond donors (Lipinski definition) is 1. The molecule has 0 unspecified atom stereocenters. The van der Waals surface area contributed by atoms with E-state index in [1.165, 1.54) is 6.21 Å². The van der Waals surface area contributed by atoms with Crippen molar-refractivity contribution in [3.05, 3.63) is 30.1 Å². The van der Waals surface area contributed by atoms with Gasteiger partial charge in [-0.15, -0.1) is 12.3 Å². The first-order valence-corrected chi connectivity index (χ1v) is 3.98. The number of hydrogen-bond acceptors (Lipinski definition) is 2. The van der Waals surface area contributed by atoms with Crippen LogP contribution in [0.3, 0.4) is 0 Å². The molecule has 0 aliphatic carbocycles. The summed E-state index contributed by atoms with van der Waals surface area (Å²) < 4.78 is 1.93. The van der Waals surface area contributed by atoms with Crippen LogP contribution in [0.2, 0.25) is 0 Å². The number of aromatic nitrogens is 1. The first-order chi connectivity index (χ1) is 6.38. The van der Waals surface area contributed by atoms with E-state index in [1.807, 2.05) is 29.0 Å². The van der Waals surface area contributed by atoms with E-state index in [0.29, 0.717) is 6.42 Å². The van der Waals surface area contributed by atoms with Gasteiger partial charge in [-0.05, 0) is 6.07 Å². The fourth-order valence-corrected chi connectivity index (χ4v) is 1.05. The lowest BCUT2D eigenvalue weighted by Gasteiger charge is -1.95. The molecular weight excluding hydrogens is 244 g/mol. The molecule has 1 heterocycles. The number of aryl methyl sites for hydroxylation is 1. The van der Waals surface area contributed by atoms with Gasteiger partial charge in [0.15, 0.2) is 12.7 Å². The van der Waals surface area contributed by atoms with Crippen LogP contribution in [0.5, 0.6) is 0 Å². The number of nitrogens with zero attached hydrogens (tertiary/aromatic N) is 2. The molecule has 74 valence electrons. The van der Waals surface area contributed by atoms with Gasteiger partial charge in [0.25, 0.3) is 0 Å². The summed E-state index contributed by atoms with van der Waals surface area (Å²) in [6.07, 6.45) is 9.10. The zero-order chi connectivity index (χ0) is 9.52. The number of oxime groups is 1. The second-order valence-electron chi connectivity index (χ2n) is 2.52. The smallest absolute Gasteiger partial charge is 0.227 e. The molecule has 4 heteroatoms. The van der Waals surface area contributed by atoms with Gasteiger partial charge < -0.3 is 22.2 Å². The lowest BCUT2D eigenvalue weighted by atomic mass is 10.3. The second-order valence-corrected chi connectivity index (χ2v) is 2.52. The molecule has 1 aromatic rings. The number of pyridine rings is 1. The standard InChI is InChI=1S/C10H10N2O.BrH/c1-2-3-7-12-8-5-4-6-10(12)9-11-13;/h1,4-6,8-9H,3,7H2;1H. The minimum absolute atomic E-state index is 0. The van der Waals surface area contributed by atoms with Crippen molar-refractivity contribution in [1.29, 1.82) is 0 Å². The Morgan fingerprint density at radius 1 is 1.57 bits per heavy atom. The van der Waals surface area contributed by atoms with Crippen LogP contribution in [0, 0.1) is 12.3 Å². The molecule has 0 saturated carbocycles. The van der Waals surface area contributed by atoms with Crippen LogP contribution >= 0.6 is 0 Å². The fourth-order valence-electron chi connectivity index (χ4n) is 1.05. The number of halogens is 1. The fraction of sp³-hybridized carbons (Fsp3) is 0.200. The van der Waals surface area contributed by atoms with Crippen LogP contribution in [-0.2, 0) is 6.54 Å². The Balaban J connectivity index is 0.00000169. The summed E-state index contributed by atoms with van der Waals surface area (Å²) in [7, 11) is 0. The van der Waals surface area contributed by atoms with Gasteiger partial charge in [-0.2, -0.15) is 4.57 Å². The lowest BCUT2D eigenvalue weighted by molar-refractivity contribution is -0.696. The zero-order valence-corrected chi connectivity index (χ0v) is 9.18. The van der Waals surface area contributed by atoms with Gasteiger partial charge in [0, 0.05) is 12.1 Å². The van der Waals surface area contributed by atoms with Crippen molar-refractivity contribution < 1.29 is 26.8 Å². The van der Waals surface area contributed by atoms with Crippen molar-refractivity contribution in [3.63, 3.8) is 0 Å². The second kappa shape index (κ2) is 7.10. The van der Waals surface area contributed by atoms with Gasteiger partial charge in [-0.3, -0.25) is 0 Å². The SMILES string of the molecule is C#CCC[n+]1ccccc1C=NO.[Br-]. The van der Waals surface area contributed by atoms with E-state index in [2.05, 4.69) is 11.1 Å². The Bertz CT molecular complexity index is 344. The lowest BCUT2D eigenvalue weighted by Crippen LogP contribution is -3.00. The van der Waals surface area contributed by atoms with E-state index < -0.39 is 0 Å². The highest BCUT2D eigenvalue weighted by atomic mass is 79.9. The number of rotatable bonds is 3. The highest BCUT2D eigenvalue weighted by molar-refractivity contribution is 5.74. The van der Waals surface area contributed by atoms with Gasteiger partial charge in [-0.25, -0.2) is 0 Å². The van der Waals surface area contributed by atoms with Crippen LogP contribution in [0.4, 0.5) is 0 Å². The summed E-state index contributed by atoms with van der Waals surface area (Å²) in [5, 5.41) is 11.4. The van der Waals surface area contributed by atoms with Crippen LogP contribution < -0.4 is 21.5 Å². The number of terminal acetylenes is 1. The van der Waals surface area contributed by atoms with Gasteiger partial charge in [0.05, 0.1) is 6.42 Å². The summed E-state index contributed by atoms with van der Waals surface area (Å²) in [6.45, 7) is 0.735. The Morgan fingerprint density at radius 2 is 2.36 bits per heavy atom. The van der Waals surface area contributed by atoms with Gasteiger partial charge in [-0.1, -0.05) is 5.16 Å². The minimum atomic E-state index is 0. The van der Waals surface area contributed by atoms with E-state index in [-0.39, 0.29) is 17.0 Å². The van der Waals surface area contributed by atoms with Crippen LogP contribution in [0.25, 0.3) is 0 Å². The molecule has 0 aromatic carbocycles. The van der Waals surface area contributed by atoms with E-state index in [9.17, 15) is 0 Å². The van der Waals surface area contributed by atoms with Crippen molar-refractivity contribution >= 4 is 6.21 Å². The predicted molar refractivity (Wildman–Crippen MR) is 49.5 cm³/mol. The molecule has 0 spiro atoms. The van der Waals surface area contributed by atoms with Crippen molar-refractivity contribution in [2.24, 2.45) is 5.16 Å². The predicted octanol–water partition coefficient (Wildman–Crippen LogP) is -2.19.